The summed E-state index contributed by atoms with van der Waals surface area (Å²) >= 11 is 0. The Labute approximate surface area is 206 Å². The lowest BCUT2D eigenvalue weighted by molar-refractivity contribution is -0.137. The molecule has 0 spiro atoms. The molecule has 3 heterocycles. The van der Waals surface area contributed by atoms with Crippen LogP contribution in [-0.4, -0.2) is 27.6 Å². The highest BCUT2D eigenvalue weighted by molar-refractivity contribution is 5.87. The van der Waals surface area contributed by atoms with Crippen LogP contribution < -0.4 is 10.3 Å². The summed E-state index contributed by atoms with van der Waals surface area (Å²) in [6, 6.07) is 13.9. The number of hydrogen-bond donors (Lipinski definition) is 0. The Balaban J connectivity index is 0.00000289. The number of nitrogens with zero attached hydrogens (tertiary/aromatic N) is 3. The molecule has 5 nitrogen and oxygen atoms in total. The second kappa shape index (κ2) is 9.43. The third-order valence-corrected chi connectivity index (χ3v) is 6.44. The minimum Gasteiger partial charge on any atom is -0.489 e. The van der Waals surface area contributed by atoms with Crippen molar-refractivity contribution >= 4 is 23.3 Å². The number of rotatable bonds is 4. The zero-order valence-electron chi connectivity index (χ0n) is 19.3. The van der Waals surface area contributed by atoms with E-state index in [1.807, 2.05) is 12.1 Å². The van der Waals surface area contributed by atoms with E-state index in [2.05, 4.69) is 29.6 Å². The van der Waals surface area contributed by atoms with Crippen LogP contribution in [0.5, 0.6) is 5.75 Å². The molecule has 1 aliphatic rings. The van der Waals surface area contributed by atoms with Crippen molar-refractivity contribution in [2.75, 3.05) is 13.6 Å². The van der Waals surface area contributed by atoms with Crippen LogP contribution >= 0.6 is 12.4 Å². The lowest BCUT2D eigenvalue weighted by Crippen LogP contribution is -2.27. The minimum atomic E-state index is -4.37. The molecule has 2 aromatic heterocycles. The van der Waals surface area contributed by atoms with Crippen LogP contribution in [0.4, 0.5) is 13.2 Å². The number of aromatic nitrogens is 2. The summed E-state index contributed by atoms with van der Waals surface area (Å²) in [5.74, 6) is 0.361. The van der Waals surface area contributed by atoms with Crippen molar-refractivity contribution in [2.24, 2.45) is 7.05 Å². The molecular weight excluding hydrogens is 479 g/mol. The maximum atomic E-state index is 12.8. The van der Waals surface area contributed by atoms with Crippen molar-refractivity contribution in [2.45, 2.75) is 25.7 Å². The third-order valence-electron chi connectivity index (χ3n) is 6.44. The van der Waals surface area contributed by atoms with E-state index < -0.39 is 11.7 Å². The van der Waals surface area contributed by atoms with Crippen LogP contribution in [0.1, 0.15) is 22.4 Å². The Bertz CT molecular complexity index is 1430. The van der Waals surface area contributed by atoms with Gasteiger partial charge in [-0.1, -0.05) is 18.2 Å². The second-order valence-corrected chi connectivity index (χ2v) is 8.73. The molecule has 0 bridgehead atoms. The number of alkyl halides is 3. The van der Waals surface area contributed by atoms with Crippen LogP contribution in [0.15, 0.2) is 65.6 Å². The van der Waals surface area contributed by atoms with Gasteiger partial charge >= 0.3 is 6.18 Å². The average Bonchev–Trinajstić information content (AvgIpc) is 3.08. The van der Waals surface area contributed by atoms with Gasteiger partial charge in [-0.15, -0.1) is 12.4 Å². The first-order chi connectivity index (χ1) is 16.2. The lowest BCUT2D eigenvalue weighted by atomic mass is 10.0. The predicted octanol–water partition coefficient (Wildman–Crippen LogP) is 5.34. The van der Waals surface area contributed by atoms with E-state index in [1.165, 1.54) is 34.8 Å². The molecule has 184 valence electrons. The van der Waals surface area contributed by atoms with E-state index in [0.717, 1.165) is 42.8 Å². The van der Waals surface area contributed by atoms with Gasteiger partial charge in [0.15, 0.2) is 0 Å². The first-order valence-corrected chi connectivity index (χ1v) is 11.0. The fourth-order valence-electron chi connectivity index (χ4n) is 4.54. The molecular formula is C26H25ClF3N3O2. The summed E-state index contributed by atoms with van der Waals surface area (Å²) in [5.41, 5.74) is 4.16. The van der Waals surface area contributed by atoms with E-state index in [-0.39, 0.29) is 24.6 Å². The summed E-state index contributed by atoms with van der Waals surface area (Å²) in [4.78, 5) is 15.1. The Hall–Kier alpha value is -3.23. The molecule has 0 N–H and O–H groups in total. The molecule has 0 amide bonds. The molecule has 9 heteroatoms. The summed E-state index contributed by atoms with van der Waals surface area (Å²) in [7, 11) is 4.18. The van der Waals surface area contributed by atoms with Crippen LogP contribution in [0.2, 0.25) is 0 Å². The largest absolute Gasteiger partial charge is 0.489 e. The van der Waals surface area contributed by atoms with E-state index in [4.69, 9.17) is 4.74 Å². The summed E-state index contributed by atoms with van der Waals surface area (Å²) in [6.07, 6.45) is -1.71. The van der Waals surface area contributed by atoms with Gasteiger partial charge < -0.3 is 14.2 Å². The van der Waals surface area contributed by atoms with Crippen LogP contribution in [0.25, 0.3) is 16.6 Å². The van der Waals surface area contributed by atoms with Gasteiger partial charge in [-0.25, -0.2) is 0 Å². The molecule has 35 heavy (non-hydrogen) atoms. The van der Waals surface area contributed by atoms with Gasteiger partial charge in [0.2, 0.25) is 0 Å². The SMILES string of the molecule is CN1CCc2c(n(C)c3cc(-n4ccc(OCc5ccc(C(F)(F)F)cc5)cc4=O)ccc23)C1.Cl. The topological polar surface area (TPSA) is 39.4 Å². The second-order valence-electron chi connectivity index (χ2n) is 8.73. The van der Waals surface area contributed by atoms with Gasteiger partial charge in [0.05, 0.1) is 16.8 Å². The van der Waals surface area contributed by atoms with Crippen molar-refractivity contribution in [3.8, 4) is 11.4 Å². The third kappa shape index (κ3) is 4.81. The molecule has 0 radical (unpaired) electrons. The number of aryl methyl sites for hydroxylation is 1. The van der Waals surface area contributed by atoms with Gasteiger partial charge in [0.1, 0.15) is 12.4 Å². The zero-order valence-corrected chi connectivity index (χ0v) is 20.1. The minimum absolute atomic E-state index is 0. The Morgan fingerprint density at radius 3 is 2.43 bits per heavy atom. The van der Waals surface area contributed by atoms with Gasteiger partial charge in [-0.05, 0) is 54.9 Å². The molecule has 1 aliphatic heterocycles. The molecule has 2 aromatic carbocycles. The molecule has 0 fully saturated rings. The normalized spacial score (nSPS) is 14.0. The molecule has 0 aliphatic carbocycles. The van der Waals surface area contributed by atoms with Crippen molar-refractivity contribution in [3.05, 3.63) is 93.5 Å². The molecule has 0 saturated carbocycles. The number of pyridine rings is 1. The first-order valence-electron chi connectivity index (χ1n) is 11.0. The smallest absolute Gasteiger partial charge is 0.416 e. The number of fused-ring (bicyclic) bond motifs is 3. The van der Waals surface area contributed by atoms with Crippen LogP contribution in [-0.2, 0) is 32.8 Å². The molecule has 0 unspecified atom stereocenters. The first kappa shape index (κ1) is 24.9. The average molecular weight is 504 g/mol. The molecule has 5 rings (SSSR count). The van der Waals surface area contributed by atoms with Crippen LogP contribution in [0, 0.1) is 0 Å². The lowest BCUT2D eigenvalue weighted by Gasteiger charge is -2.23. The quantitative estimate of drug-likeness (QED) is 0.377. The summed E-state index contributed by atoms with van der Waals surface area (Å²) in [6.45, 7) is 2.00. The zero-order chi connectivity index (χ0) is 24.0. The number of halogens is 4. The highest BCUT2D eigenvalue weighted by atomic mass is 35.5. The van der Waals surface area contributed by atoms with E-state index in [1.54, 1.807) is 16.8 Å². The maximum Gasteiger partial charge on any atom is 0.416 e. The predicted molar refractivity (Wildman–Crippen MR) is 132 cm³/mol. The fourth-order valence-corrected chi connectivity index (χ4v) is 4.54. The standard InChI is InChI=1S/C26H24F3N3O2.ClH/c1-30-11-10-22-21-8-7-19(13-23(21)31(2)24(22)15-30)32-12-9-20(14-25(32)33)34-16-17-3-5-18(6-4-17)26(27,28)29;/h3-9,12-14H,10-11,15-16H2,1-2H3;1H. The number of benzene rings is 2. The van der Waals surface area contributed by atoms with Crippen molar-refractivity contribution in [1.29, 1.82) is 0 Å². The Morgan fingerprint density at radius 2 is 1.74 bits per heavy atom. The highest BCUT2D eigenvalue weighted by Crippen LogP contribution is 2.31. The molecule has 0 saturated heterocycles. The number of ether oxygens (including phenoxy) is 1. The Kier molecular flexibility index (Phi) is 6.71. The van der Waals surface area contributed by atoms with E-state index >= 15 is 0 Å². The number of hydrogen-bond acceptors (Lipinski definition) is 3. The summed E-state index contributed by atoms with van der Waals surface area (Å²) < 4.78 is 47.5. The van der Waals surface area contributed by atoms with E-state index in [9.17, 15) is 18.0 Å². The van der Waals surface area contributed by atoms with Crippen molar-refractivity contribution in [1.82, 2.24) is 14.0 Å². The fraction of sp³-hybridized carbons (Fsp3) is 0.269. The van der Waals surface area contributed by atoms with Crippen molar-refractivity contribution in [3.63, 3.8) is 0 Å². The summed E-state index contributed by atoms with van der Waals surface area (Å²) in [5, 5.41) is 1.22. The van der Waals surface area contributed by atoms with Crippen molar-refractivity contribution < 1.29 is 17.9 Å². The van der Waals surface area contributed by atoms with Gasteiger partial charge in [0.25, 0.3) is 5.56 Å². The van der Waals surface area contributed by atoms with Gasteiger partial charge in [0, 0.05) is 43.5 Å². The molecule has 0 atom stereocenters. The Morgan fingerprint density at radius 1 is 1.00 bits per heavy atom. The van der Waals surface area contributed by atoms with Gasteiger partial charge in [-0.3, -0.25) is 9.36 Å². The monoisotopic (exact) mass is 503 g/mol. The molecule has 4 aromatic rings. The van der Waals surface area contributed by atoms with E-state index in [0.29, 0.717) is 11.3 Å². The maximum absolute atomic E-state index is 12.8. The van der Waals surface area contributed by atoms with Gasteiger partial charge in [-0.2, -0.15) is 13.2 Å². The highest BCUT2D eigenvalue weighted by Gasteiger charge is 2.30. The number of likely N-dealkylation sites (N-methyl/N-ethyl adjacent to an activating group) is 1. The van der Waals surface area contributed by atoms with Crippen LogP contribution in [0.3, 0.4) is 0 Å².